The van der Waals surface area contributed by atoms with Gasteiger partial charge < -0.3 is 9.64 Å². The maximum Gasteiger partial charge on any atom is 0.258 e. The number of benzene rings is 5. The molecule has 0 aromatic heterocycles. The van der Waals surface area contributed by atoms with Gasteiger partial charge in [0.2, 0.25) is 10.0 Å². The Morgan fingerprint density at radius 1 is 0.692 bits per heavy atom. The predicted octanol–water partition coefficient (Wildman–Crippen LogP) is 6.65. The Labute approximate surface area is 228 Å². The number of hydrogen-bond donors (Lipinski definition) is 1. The molecule has 0 aliphatic carbocycles. The van der Waals surface area contributed by atoms with E-state index in [0.717, 1.165) is 11.1 Å². The van der Waals surface area contributed by atoms with Gasteiger partial charge in [0.05, 0.1) is 4.90 Å². The molecule has 0 bridgehead atoms. The Kier molecular flexibility index (Phi) is 8.01. The first kappa shape index (κ1) is 26.2. The molecule has 5 aromatic carbocycles. The number of nitrogens with zero attached hydrogens (tertiary/aromatic N) is 1. The van der Waals surface area contributed by atoms with E-state index in [4.69, 9.17) is 4.74 Å². The maximum atomic E-state index is 13.4. The van der Waals surface area contributed by atoms with Crippen molar-refractivity contribution in [2.75, 3.05) is 18.0 Å². The molecule has 5 rings (SSSR count). The molecule has 0 fully saturated rings. The van der Waals surface area contributed by atoms with Gasteiger partial charge in [-0.15, -0.1) is 0 Å². The summed E-state index contributed by atoms with van der Waals surface area (Å²) < 4.78 is 34.8. The molecular formula is C32H28N2O4S. The van der Waals surface area contributed by atoms with Gasteiger partial charge in [0.25, 0.3) is 5.91 Å². The van der Waals surface area contributed by atoms with E-state index >= 15 is 0 Å². The number of ether oxygens (including phenoxy) is 1. The van der Waals surface area contributed by atoms with Crippen LogP contribution in [0.5, 0.6) is 11.5 Å². The first-order valence-electron chi connectivity index (χ1n) is 12.7. The fourth-order valence-corrected chi connectivity index (χ4v) is 5.66. The van der Waals surface area contributed by atoms with E-state index in [9.17, 15) is 13.2 Å². The minimum absolute atomic E-state index is 0.163. The van der Waals surface area contributed by atoms with Crippen molar-refractivity contribution in [3.8, 4) is 11.5 Å². The number of fused-ring (bicyclic) bond motifs is 1. The van der Waals surface area contributed by atoms with Crippen LogP contribution < -0.4 is 14.4 Å². The molecule has 5 aromatic rings. The summed E-state index contributed by atoms with van der Waals surface area (Å²) in [4.78, 5) is 15.3. The highest BCUT2D eigenvalue weighted by Crippen LogP contribution is 2.26. The Hall–Kier alpha value is -4.46. The summed E-state index contributed by atoms with van der Waals surface area (Å²) >= 11 is 0. The number of nitrogens with one attached hydrogen (secondary N) is 1. The average molecular weight is 537 g/mol. The molecule has 0 heterocycles. The molecule has 0 saturated carbocycles. The van der Waals surface area contributed by atoms with Gasteiger partial charge in [-0.25, -0.2) is 13.1 Å². The van der Waals surface area contributed by atoms with Gasteiger partial charge in [0.15, 0.2) is 0 Å². The monoisotopic (exact) mass is 536 g/mol. The zero-order valence-electron chi connectivity index (χ0n) is 21.2. The molecule has 0 aliphatic heterocycles. The Balaban J connectivity index is 1.30. The largest absolute Gasteiger partial charge is 0.457 e. The fraction of sp³-hybridized carbons (Fsp3) is 0.0938. The first-order chi connectivity index (χ1) is 19.0. The van der Waals surface area contributed by atoms with Gasteiger partial charge in [0.1, 0.15) is 11.5 Å². The van der Waals surface area contributed by atoms with Crippen LogP contribution in [0.3, 0.4) is 0 Å². The molecule has 0 aliphatic rings. The van der Waals surface area contributed by atoms with E-state index < -0.39 is 10.0 Å². The van der Waals surface area contributed by atoms with Crippen LogP contribution in [-0.4, -0.2) is 27.4 Å². The number of sulfonamides is 1. The van der Waals surface area contributed by atoms with Crippen molar-refractivity contribution in [3.05, 3.63) is 133 Å². The minimum atomic E-state index is -3.73. The molecule has 0 saturated heterocycles. The summed E-state index contributed by atoms with van der Waals surface area (Å²) in [5, 5.41) is 1.53. The second-order valence-electron chi connectivity index (χ2n) is 8.96. The number of para-hydroxylation sites is 1. The molecule has 0 radical (unpaired) electrons. The van der Waals surface area contributed by atoms with Crippen LogP contribution in [0, 0.1) is 0 Å². The topological polar surface area (TPSA) is 75.7 Å². The highest BCUT2D eigenvalue weighted by molar-refractivity contribution is 7.89. The lowest BCUT2D eigenvalue weighted by atomic mass is 10.1. The van der Waals surface area contributed by atoms with Crippen molar-refractivity contribution in [2.45, 2.75) is 11.3 Å². The lowest BCUT2D eigenvalue weighted by Crippen LogP contribution is -2.34. The van der Waals surface area contributed by atoms with Crippen LogP contribution in [0.4, 0.5) is 5.69 Å². The summed E-state index contributed by atoms with van der Waals surface area (Å²) in [5.41, 5.74) is 1.25. The van der Waals surface area contributed by atoms with Crippen LogP contribution in [0.1, 0.15) is 16.8 Å². The van der Waals surface area contributed by atoms with Crippen molar-refractivity contribution in [2.24, 2.45) is 0 Å². The van der Waals surface area contributed by atoms with Gasteiger partial charge >= 0.3 is 0 Å². The molecule has 39 heavy (non-hydrogen) atoms. The van der Waals surface area contributed by atoms with Crippen LogP contribution in [0.25, 0.3) is 10.8 Å². The second-order valence-corrected chi connectivity index (χ2v) is 10.7. The molecule has 196 valence electrons. The molecule has 0 atom stereocenters. The lowest BCUT2D eigenvalue weighted by molar-refractivity contribution is 0.0986. The van der Waals surface area contributed by atoms with E-state index in [1.54, 1.807) is 35.2 Å². The van der Waals surface area contributed by atoms with Crippen LogP contribution >= 0.6 is 0 Å². The van der Waals surface area contributed by atoms with Crippen molar-refractivity contribution < 1.29 is 17.9 Å². The number of anilines is 1. The number of carbonyl (C=O) groups is 1. The smallest absolute Gasteiger partial charge is 0.258 e. The van der Waals surface area contributed by atoms with Gasteiger partial charge in [-0.1, -0.05) is 72.8 Å². The van der Waals surface area contributed by atoms with Gasteiger partial charge in [-0.2, -0.15) is 0 Å². The molecular weight excluding hydrogens is 508 g/mol. The summed E-state index contributed by atoms with van der Waals surface area (Å²) in [6.45, 7) is 0.504. The summed E-state index contributed by atoms with van der Waals surface area (Å²) in [6, 6.07) is 38.4. The number of amides is 1. The Morgan fingerprint density at radius 3 is 2.05 bits per heavy atom. The first-order valence-corrected chi connectivity index (χ1v) is 14.2. The summed E-state index contributed by atoms with van der Waals surface area (Å²) in [5.74, 6) is 1.21. The number of carbonyl (C=O) groups excluding carboxylic acids is 1. The highest BCUT2D eigenvalue weighted by Gasteiger charge is 2.20. The normalized spacial score (nSPS) is 11.3. The molecule has 0 unspecified atom stereocenters. The van der Waals surface area contributed by atoms with Crippen molar-refractivity contribution in [1.82, 2.24) is 4.72 Å². The predicted molar refractivity (Wildman–Crippen MR) is 155 cm³/mol. The van der Waals surface area contributed by atoms with E-state index in [-0.39, 0.29) is 17.3 Å². The Bertz CT molecular complexity index is 1650. The van der Waals surface area contributed by atoms with E-state index in [2.05, 4.69) is 4.72 Å². The number of hydrogen-bond acceptors (Lipinski definition) is 4. The zero-order valence-corrected chi connectivity index (χ0v) is 22.1. The van der Waals surface area contributed by atoms with Gasteiger partial charge in [-0.3, -0.25) is 4.79 Å². The third kappa shape index (κ3) is 6.34. The van der Waals surface area contributed by atoms with Crippen LogP contribution in [0.2, 0.25) is 0 Å². The van der Waals surface area contributed by atoms with E-state index in [1.807, 2.05) is 97.1 Å². The molecule has 6 nitrogen and oxygen atoms in total. The van der Waals surface area contributed by atoms with Crippen molar-refractivity contribution >= 4 is 32.4 Å². The Morgan fingerprint density at radius 2 is 1.31 bits per heavy atom. The quantitative estimate of drug-likeness (QED) is 0.203. The highest BCUT2D eigenvalue weighted by atomic mass is 32.2. The summed E-state index contributed by atoms with van der Waals surface area (Å²) in [6.07, 6.45) is 0.421. The van der Waals surface area contributed by atoms with Crippen molar-refractivity contribution in [3.63, 3.8) is 0 Å². The lowest BCUT2D eigenvalue weighted by Gasteiger charge is -2.23. The third-order valence-electron chi connectivity index (χ3n) is 6.28. The SMILES string of the molecule is O=C(c1ccccc1)N(CCCNS(=O)(=O)c1cccc2ccccc12)c1ccc(Oc2ccccc2)cc1. The zero-order chi connectivity index (χ0) is 27.1. The minimum Gasteiger partial charge on any atom is -0.457 e. The summed E-state index contributed by atoms with van der Waals surface area (Å²) in [7, 11) is -3.73. The second kappa shape index (κ2) is 11.9. The van der Waals surface area contributed by atoms with Gasteiger partial charge in [-0.05, 0) is 66.4 Å². The molecule has 1 N–H and O–H groups in total. The molecule has 1 amide bonds. The van der Waals surface area contributed by atoms with Gasteiger partial charge in [0, 0.05) is 29.7 Å². The molecule has 7 heteroatoms. The standard InChI is InChI=1S/C32H28N2O4S/c35-32(26-12-3-1-4-13-26)34(27-19-21-29(22-20-27)38-28-15-5-2-6-16-28)24-10-23-33-39(36,37)31-18-9-14-25-11-7-8-17-30(25)31/h1-9,11-22,33H,10,23-24H2. The number of rotatable bonds is 10. The third-order valence-corrected chi connectivity index (χ3v) is 7.80. The maximum absolute atomic E-state index is 13.4. The van der Waals surface area contributed by atoms with E-state index in [1.165, 1.54) is 0 Å². The van der Waals surface area contributed by atoms with Crippen molar-refractivity contribution in [1.29, 1.82) is 0 Å². The van der Waals surface area contributed by atoms with E-state index in [0.29, 0.717) is 35.4 Å². The average Bonchev–Trinajstić information content (AvgIpc) is 2.98. The van der Waals surface area contributed by atoms with Crippen LogP contribution in [-0.2, 0) is 10.0 Å². The fourth-order valence-electron chi connectivity index (χ4n) is 4.35. The molecule has 0 spiro atoms. The van der Waals surface area contributed by atoms with Crippen LogP contribution in [0.15, 0.2) is 132 Å².